The largest absolute Gasteiger partial charge is 0.355 e. The van der Waals surface area contributed by atoms with Gasteiger partial charge in [0.15, 0.2) is 11.5 Å². The number of carbonyl (C=O) groups is 1. The molecule has 1 aromatic carbocycles. The van der Waals surface area contributed by atoms with Gasteiger partial charge >= 0.3 is 0 Å². The van der Waals surface area contributed by atoms with E-state index in [2.05, 4.69) is 10.1 Å². The molecule has 0 aliphatic carbocycles. The van der Waals surface area contributed by atoms with Crippen molar-refractivity contribution >= 4 is 5.91 Å². The predicted octanol–water partition coefficient (Wildman–Crippen LogP) is 2.26. The lowest BCUT2D eigenvalue weighted by Crippen LogP contribution is -2.34. The minimum absolute atomic E-state index is 0.124. The Morgan fingerprint density at radius 1 is 1.36 bits per heavy atom. The van der Waals surface area contributed by atoms with Gasteiger partial charge in [-0.05, 0) is 44.8 Å². The number of aromatic nitrogens is 1. The highest BCUT2D eigenvalue weighted by Crippen LogP contribution is 2.22. The molecule has 5 nitrogen and oxygen atoms in total. The summed E-state index contributed by atoms with van der Waals surface area (Å²) in [7, 11) is 4.03. The lowest BCUT2D eigenvalue weighted by molar-refractivity contribution is 0.0773. The van der Waals surface area contributed by atoms with Gasteiger partial charge in [0, 0.05) is 30.8 Å². The van der Waals surface area contributed by atoms with Crippen LogP contribution in [0.1, 0.15) is 16.9 Å². The van der Waals surface area contributed by atoms with Gasteiger partial charge in [-0.3, -0.25) is 4.79 Å². The first-order valence-corrected chi connectivity index (χ1v) is 7.23. The third-order valence-electron chi connectivity index (χ3n) is 4.04. The molecular weight excluding hydrogens is 285 g/mol. The monoisotopic (exact) mass is 303 g/mol. The van der Waals surface area contributed by atoms with Crippen molar-refractivity contribution in [1.82, 2.24) is 15.0 Å². The summed E-state index contributed by atoms with van der Waals surface area (Å²) in [6.07, 6.45) is 0.960. The number of carbonyl (C=O) groups excluding carboxylic acids is 1. The standard InChI is InChI=1S/C16H18FN3O2/c1-19(2)13-7-8-20(10-13)16(21)14-9-15(22-18-14)11-3-5-12(17)6-4-11/h3-6,9,13H,7-8,10H2,1-2H3. The Balaban J connectivity index is 1.74. The Hall–Kier alpha value is -2.21. The third kappa shape index (κ3) is 2.87. The van der Waals surface area contributed by atoms with Crippen LogP contribution in [-0.2, 0) is 0 Å². The van der Waals surface area contributed by atoms with Gasteiger partial charge in [0.05, 0.1) is 0 Å². The lowest BCUT2D eigenvalue weighted by Gasteiger charge is -2.19. The van der Waals surface area contributed by atoms with Gasteiger partial charge in [0.25, 0.3) is 5.91 Å². The van der Waals surface area contributed by atoms with Gasteiger partial charge < -0.3 is 14.3 Å². The van der Waals surface area contributed by atoms with Crippen molar-refractivity contribution in [2.75, 3.05) is 27.2 Å². The van der Waals surface area contributed by atoms with Crippen LogP contribution in [0.3, 0.4) is 0 Å². The molecule has 2 heterocycles. The van der Waals surface area contributed by atoms with E-state index >= 15 is 0 Å². The van der Waals surface area contributed by atoms with Crippen molar-refractivity contribution in [1.29, 1.82) is 0 Å². The van der Waals surface area contributed by atoms with E-state index in [0.717, 1.165) is 13.0 Å². The zero-order valence-corrected chi connectivity index (χ0v) is 12.6. The van der Waals surface area contributed by atoms with Crippen molar-refractivity contribution in [3.8, 4) is 11.3 Å². The molecule has 0 saturated carbocycles. The Kier molecular flexibility index (Phi) is 3.94. The van der Waals surface area contributed by atoms with E-state index in [-0.39, 0.29) is 11.7 Å². The summed E-state index contributed by atoms with van der Waals surface area (Å²) in [5.74, 6) is 0.0273. The molecule has 0 bridgehead atoms. The van der Waals surface area contributed by atoms with E-state index in [1.54, 1.807) is 23.1 Å². The number of likely N-dealkylation sites (tertiary alicyclic amines) is 1. The molecule has 116 valence electrons. The van der Waals surface area contributed by atoms with Crippen LogP contribution >= 0.6 is 0 Å². The van der Waals surface area contributed by atoms with Crippen molar-refractivity contribution in [2.24, 2.45) is 0 Å². The van der Waals surface area contributed by atoms with Crippen LogP contribution in [0.5, 0.6) is 0 Å². The quantitative estimate of drug-likeness (QED) is 0.872. The lowest BCUT2D eigenvalue weighted by atomic mass is 10.1. The topological polar surface area (TPSA) is 49.6 Å². The van der Waals surface area contributed by atoms with E-state index in [4.69, 9.17) is 4.52 Å². The molecule has 6 heteroatoms. The molecule has 2 aromatic rings. The van der Waals surface area contributed by atoms with E-state index in [1.807, 2.05) is 14.1 Å². The summed E-state index contributed by atoms with van der Waals surface area (Å²) in [4.78, 5) is 16.4. The maximum absolute atomic E-state index is 12.9. The third-order valence-corrected chi connectivity index (χ3v) is 4.04. The molecule has 1 aliphatic heterocycles. The number of hydrogen-bond acceptors (Lipinski definition) is 4. The molecule has 1 unspecified atom stereocenters. The molecule has 1 saturated heterocycles. The first-order valence-electron chi connectivity index (χ1n) is 7.23. The van der Waals surface area contributed by atoms with Crippen LogP contribution in [0, 0.1) is 5.82 Å². The molecule has 1 amide bonds. The first-order chi connectivity index (χ1) is 10.5. The van der Waals surface area contributed by atoms with E-state index in [9.17, 15) is 9.18 Å². The van der Waals surface area contributed by atoms with Gasteiger partial charge in [0.1, 0.15) is 5.82 Å². The second kappa shape index (κ2) is 5.88. The van der Waals surface area contributed by atoms with Crippen molar-refractivity contribution in [3.63, 3.8) is 0 Å². The van der Waals surface area contributed by atoms with E-state index in [0.29, 0.717) is 29.6 Å². The van der Waals surface area contributed by atoms with E-state index < -0.39 is 0 Å². The summed E-state index contributed by atoms with van der Waals surface area (Å²) in [5.41, 5.74) is 0.985. The number of amides is 1. The van der Waals surface area contributed by atoms with Gasteiger partial charge in [-0.2, -0.15) is 0 Å². The number of likely N-dealkylation sites (N-methyl/N-ethyl adjacent to an activating group) is 1. The number of halogens is 1. The summed E-state index contributed by atoms with van der Waals surface area (Å²) < 4.78 is 18.1. The SMILES string of the molecule is CN(C)C1CCN(C(=O)c2cc(-c3ccc(F)cc3)on2)C1. The molecule has 0 radical (unpaired) electrons. The average molecular weight is 303 g/mol. The Morgan fingerprint density at radius 3 is 2.73 bits per heavy atom. The number of nitrogens with zero attached hydrogens (tertiary/aromatic N) is 3. The Morgan fingerprint density at radius 2 is 2.09 bits per heavy atom. The highest BCUT2D eigenvalue weighted by atomic mass is 19.1. The molecule has 0 N–H and O–H groups in total. The Bertz CT molecular complexity index is 666. The van der Waals surface area contributed by atoms with Crippen LogP contribution in [-0.4, -0.2) is 54.1 Å². The zero-order valence-electron chi connectivity index (χ0n) is 12.6. The zero-order chi connectivity index (χ0) is 15.7. The Labute approximate surface area is 128 Å². The minimum Gasteiger partial charge on any atom is -0.355 e. The molecule has 22 heavy (non-hydrogen) atoms. The highest BCUT2D eigenvalue weighted by Gasteiger charge is 2.29. The summed E-state index contributed by atoms with van der Waals surface area (Å²) in [6, 6.07) is 7.89. The summed E-state index contributed by atoms with van der Waals surface area (Å²) in [6.45, 7) is 1.42. The number of benzene rings is 1. The number of hydrogen-bond donors (Lipinski definition) is 0. The second-order valence-electron chi connectivity index (χ2n) is 5.74. The predicted molar refractivity (Wildman–Crippen MR) is 79.9 cm³/mol. The highest BCUT2D eigenvalue weighted by molar-refractivity contribution is 5.93. The fourth-order valence-corrected chi connectivity index (χ4v) is 2.64. The molecule has 1 fully saturated rings. The maximum atomic E-state index is 12.9. The molecule has 1 aromatic heterocycles. The van der Waals surface area contributed by atoms with Gasteiger partial charge in [-0.25, -0.2) is 4.39 Å². The minimum atomic E-state index is -0.314. The van der Waals surface area contributed by atoms with Crippen LogP contribution in [0.15, 0.2) is 34.9 Å². The van der Waals surface area contributed by atoms with Gasteiger partial charge in [-0.15, -0.1) is 0 Å². The molecule has 1 atom stereocenters. The van der Waals surface area contributed by atoms with Crippen LogP contribution in [0.2, 0.25) is 0 Å². The molecular formula is C16H18FN3O2. The second-order valence-corrected chi connectivity index (χ2v) is 5.74. The first kappa shape index (κ1) is 14.7. The fraction of sp³-hybridized carbons (Fsp3) is 0.375. The molecule has 3 rings (SSSR count). The molecule has 0 spiro atoms. The average Bonchev–Trinajstić information content (AvgIpc) is 3.17. The number of rotatable bonds is 3. The maximum Gasteiger partial charge on any atom is 0.276 e. The van der Waals surface area contributed by atoms with E-state index in [1.165, 1.54) is 12.1 Å². The molecule has 1 aliphatic rings. The fourth-order valence-electron chi connectivity index (χ4n) is 2.64. The van der Waals surface area contributed by atoms with Crippen molar-refractivity contribution in [2.45, 2.75) is 12.5 Å². The summed E-state index contributed by atoms with van der Waals surface area (Å²) >= 11 is 0. The summed E-state index contributed by atoms with van der Waals surface area (Å²) in [5, 5.41) is 3.86. The smallest absolute Gasteiger partial charge is 0.276 e. The normalized spacial score (nSPS) is 18.2. The van der Waals surface area contributed by atoms with Crippen LogP contribution in [0.4, 0.5) is 4.39 Å². The van der Waals surface area contributed by atoms with Crippen molar-refractivity contribution in [3.05, 3.63) is 41.8 Å². The van der Waals surface area contributed by atoms with Gasteiger partial charge in [-0.1, -0.05) is 5.16 Å². The van der Waals surface area contributed by atoms with Gasteiger partial charge in [0.2, 0.25) is 0 Å². The van der Waals surface area contributed by atoms with Crippen LogP contribution in [0.25, 0.3) is 11.3 Å². The van der Waals surface area contributed by atoms with Crippen LogP contribution < -0.4 is 0 Å². The van der Waals surface area contributed by atoms with Crippen molar-refractivity contribution < 1.29 is 13.7 Å².